The van der Waals surface area contributed by atoms with Crippen LogP contribution in [0.15, 0.2) is 83.8 Å². The summed E-state index contributed by atoms with van der Waals surface area (Å²) in [5.74, 6) is -0.444. The zero-order valence-electron chi connectivity index (χ0n) is 16.8. The standard InChI is InChI=1S/C23H19N3O5S/c27-23(13-8-17-4-3-6-20(16-17)26(28)29)24-19-9-11-21(12-10-19)32(30,31)25-15-14-18-5-1-2-7-22(18)25/h1-13,16H,14-15H2,(H,24,27)/b13-8+. The van der Waals surface area contributed by atoms with Gasteiger partial charge < -0.3 is 5.32 Å². The number of benzene rings is 3. The minimum atomic E-state index is -3.70. The van der Waals surface area contributed by atoms with E-state index in [1.165, 1.54) is 58.9 Å². The minimum absolute atomic E-state index is 0.0648. The van der Waals surface area contributed by atoms with Crippen LogP contribution in [0.2, 0.25) is 0 Å². The number of hydrogen-bond acceptors (Lipinski definition) is 5. The Bertz CT molecular complexity index is 1320. The van der Waals surface area contributed by atoms with Crippen molar-refractivity contribution in [1.82, 2.24) is 0 Å². The van der Waals surface area contributed by atoms with Gasteiger partial charge in [0.15, 0.2) is 0 Å². The molecule has 1 N–H and O–H groups in total. The molecule has 0 unspecified atom stereocenters. The smallest absolute Gasteiger partial charge is 0.270 e. The second-order valence-corrected chi connectivity index (χ2v) is 9.02. The van der Waals surface area contributed by atoms with E-state index in [2.05, 4.69) is 5.32 Å². The van der Waals surface area contributed by atoms with Crippen molar-refractivity contribution in [2.45, 2.75) is 11.3 Å². The summed E-state index contributed by atoms with van der Waals surface area (Å²) in [6.45, 7) is 0.391. The Balaban J connectivity index is 1.44. The fourth-order valence-corrected chi connectivity index (χ4v) is 5.00. The molecule has 4 rings (SSSR count). The molecule has 8 nitrogen and oxygen atoms in total. The average molecular weight is 449 g/mol. The van der Waals surface area contributed by atoms with Gasteiger partial charge in [-0.15, -0.1) is 0 Å². The molecule has 1 amide bonds. The van der Waals surface area contributed by atoms with Crippen molar-refractivity contribution in [2.75, 3.05) is 16.2 Å². The summed E-state index contributed by atoms with van der Waals surface area (Å²) in [5, 5.41) is 13.5. The van der Waals surface area contributed by atoms with E-state index < -0.39 is 20.9 Å². The van der Waals surface area contributed by atoms with Gasteiger partial charge in [0.05, 0.1) is 15.5 Å². The molecule has 0 aromatic heterocycles. The molecule has 32 heavy (non-hydrogen) atoms. The van der Waals surface area contributed by atoms with Gasteiger partial charge in [-0.25, -0.2) is 8.42 Å². The highest BCUT2D eigenvalue weighted by Crippen LogP contribution is 2.32. The number of rotatable bonds is 6. The molecule has 0 aliphatic carbocycles. The van der Waals surface area contributed by atoms with Crippen molar-refractivity contribution in [1.29, 1.82) is 0 Å². The van der Waals surface area contributed by atoms with Crippen LogP contribution in [0.4, 0.5) is 17.1 Å². The molecule has 162 valence electrons. The molecule has 0 saturated carbocycles. The molecule has 0 fully saturated rings. The van der Waals surface area contributed by atoms with Crippen LogP contribution >= 0.6 is 0 Å². The Kier molecular flexibility index (Phi) is 5.74. The molecule has 1 aliphatic heterocycles. The third-order valence-electron chi connectivity index (χ3n) is 5.06. The summed E-state index contributed by atoms with van der Waals surface area (Å²) in [5.41, 5.74) is 2.57. The molecule has 0 saturated heterocycles. The molecule has 0 spiro atoms. The lowest BCUT2D eigenvalue weighted by Crippen LogP contribution is -2.29. The number of nitro groups is 1. The Morgan fingerprint density at radius 1 is 1.03 bits per heavy atom. The highest BCUT2D eigenvalue weighted by molar-refractivity contribution is 7.92. The van der Waals surface area contributed by atoms with E-state index in [9.17, 15) is 23.3 Å². The van der Waals surface area contributed by atoms with Crippen LogP contribution in [0, 0.1) is 10.1 Å². The summed E-state index contributed by atoms with van der Waals surface area (Å²) < 4.78 is 27.5. The van der Waals surface area contributed by atoms with Crippen molar-refractivity contribution in [3.8, 4) is 0 Å². The van der Waals surface area contributed by atoms with Crippen molar-refractivity contribution in [3.63, 3.8) is 0 Å². The van der Waals surface area contributed by atoms with Gasteiger partial charge in [-0.2, -0.15) is 0 Å². The fraction of sp³-hybridized carbons (Fsp3) is 0.0870. The SMILES string of the molecule is O=C(/C=C/c1cccc([N+](=O)[O-])c1)Nc1ccc(S(=O)(=O)N2CCc3ccccc32)cc1. The second kappa shape index (κ2) is 8.64. The zero-order valence-corrected chi connectivity index (χ0v) is 17.7. The van der Waals surface area contributed by atoms with Crippen LogP contribution in [-0.2, 0) is 21.2 Å². The highest BCUT2D eigenvalue weighted by Gasteiger charge is 2.30. The summed E-state index contributed by atoms with van der Waals surface area (Å²) in [7, 11) is -3.70. The lowest BCUT2D eigenvalue weighted by molar-refractivity contribution is -0.384. The summed E-state index contributed by atoms with van der Waals surface area (Å²) in [6.07, 6.45) is 3.39. The molecule has 0 atom stereocenters. The van der Waals surface area contributed by atoms with Crippen LogP contribution in [0.5, 0.6) is 0 Å². The van der Waals surface area contributed by atoms with E-state index in [1.807, 2.05) is 18.2 Å². The molecular weight excluding hydrogens is 430 g/mol. The molecule has 3 aromatic carbocycles. The van der Waals surface area contributed by atoms with Gasteiger partial charge in [0.2, 0.25) is 5.91 Å². The maximum Gasteiger partial charge on any atom is 0.270 e. The first kappa shape index (κ1) is 21.3. The van der Waals surface area contributed by atoms with Crippen LogP contribution < -0.4 is 9.62 Å². The Morgan fingerprint density at radius 2 is 1.78 bits per heavy atom. The van der Waals surface area contributed by atoms with E-state index in [1.54, 1.807) is 12.1 Å². The number of non-ortho nitro benzene ring substituents is 1. The Labute approximate surface area is 185 Å². The first-order valence-corrected chi connectivity index (χ1v) is 11.2. The number of carbonyl (C=O) groups is 1. The minimum Gasteiger partial charge on any atom is -0.323 e. The molecule has 1 heterocycles. The quantitative estimate of drug-likeness (QED) is 0.348. The number of anilines is 2. The number of nitrogens with one attached hydrogen (secondary N) is 1. The monoisotopic (exact) mass is 449 g/mol. The number of fused-ring (bicyclic) bond motifs is 1. The summed E-state index contributed by atoms with van der Waals surface area (Å²) >= 11 is 0. The number of nitrogens with zero attached hydrogens (tertiary/aromatic N) is 2. The predicted molar refractivity (Wildman–Crippen MR) is 122 cm³/mol. The number of amides is 1. The fourth-order valence-electron chi connectivity index (χ4n) is 3.49. The predicted octanol–water partition coefficient (Wildman–Crippen LogP) is 4.00. The maximum absolute atomic E-state index is 13.0. The zero-order chi connectivity index (χ0) is 22.7. The second-order valence-electron chi connectivity index (χ2n) is 7.15. The van der Waals surface area contributed by atoms with Crippen LogP contribution in [0.3, 0.4) is 0 Å². The molecule has 1 aliphatic rings. The van der Waals surface area contributed by atoms with Crippen LogP contribution in [0.1, 0.15) is 11.1 Å². The lowest BCUT2D eigenvalue weighted by atomic mass is 10.2. The van der Waals surface area contributed by atoms with Crippen molar-refractivity contribution < 1.29 is 18.1 Å². The van der Waals surface area contributed by atoms with Gasteiger partial charge in [-0.1, -0.05) is 30.3 Å². The summed E-state index contributed by atoms with van der Waals surface area (Å²) in [6, 6.07) is 19.3. The van der Waals surface area contributed by atoms with Gasteiger partial charge in [0.1, 0.15) is 0 Å². The molecule has 9 heteroatoms. The van der Waals surface area contributed by atoms with Crippen molar-refractivity contribution in [2.24, 2.45) is 0 Å². The first-order valence-electron chi connectivity index (χ1n) is 9.79. The van der Waals surface area contributed by atoms with Gasteiger partial charge in [-0.05, 0) is 54.0 Å². The number of sulfonamides is 1. The third kappa shape index (κ3) is 4.37. The normalized spacial score (nSPS) is 13.2. The largest absolute Gasteiger partial charge is 0.323 e. The number of carbonyl (C=O) groups excluding carboxylic acids is 1. The molecule has 0 radical (unpaired) electrons. The molecule has 3 aromatic rings. The van der Waals surface area contributed by atoms with Crippen LogP contribution in [0.25, 0.3) is 6.08 Å². The average Bonchev–Trinajstić information content (AvgIpc) is 3.23. The molecule has 0 bridgehead atoms. The van der Waals surface area contributed by atoms with Gasteiger partial charge >= 0.3 is 0 Å². The lowest BCUT2D eigenvalue weighted by Gasteiger charge is -2.19. The topological polar surface area (TPSA) is 110 Å². The van der Waals surface area contributed by atoms with Gasteiger partial charge in [-0.3, -0.25) is 19.2 Å². The van der Waals surface area contributed by atoms with Gasteiger partial charge in [0.25, 0.3) is 15.7 Å². The van der Waals surface area contributed by atoms with E-state index >= 15 is 0 Å². The number of para-hydroxylation sites is 1. The summed E-state index contributed by atoms with van der Waals surface area (Å²) in [4.78, 5) is 22.6. The Morgan fingerprint density at radius 3 is 2.53 bits per heavy atom. The van der Waals surface area contributed by atoms with Crippen LogP contribution in [-0.4, -0.2) is 25.8 Å². The first-order chi connectivity index (χ1) is 15.3. The van der Waals surface area contributed by atoms with E-state index in [-0.39, 0.29) is 10.6 Å². The van der Waals surface area contributed by atoms with Crippen molar-refractivity contribution >= 4 is 39.1 Å². The van der Waals surface area contributed by atoms with Crippen molar-refractivity contribution in [3.05, 3.63) is 100 Å². The van der Waals surface area contributed by atoms with E-state index in [4.69, 9.17) is 0 Å². The van der Waals surface area contributed by atoms with E-state index in [0.717, 1.165) is 5.56 Å². The third-order valence-corrected chi connectivity index (χ3v) is 6.89. The number of nitro benzene ring substituents is 1. The molecular formula is C23H19N3O5S. The highest BCUT2D eigenvalue weighted by atomic mass is 32.2. The van der Waals surface area contributed by atoms with Gasteiger partial charge in [0, 0.05) is 30.4 Å². The number of hydrogen-bond donors (Lipinski definition) is 1. The maximum atomic E-state index is 13.0. The Hall–Kier alpha value is -3.98. The van der Waals surface area contributed by atoms with E-state index in [0.29, 0.717) is 29.9 Å².